The summed E-state index contributed by atoms with van der Waals surface area (Å²) in [6.45, 7) is 4.68. The average molecular weight is 354 g/mol. The first kappa shape index (κ1) is 16.8. The molecule has 123 valence electrons. The zero-order valence-corrected chi connectivity index (χ0v) is 16.2. The fourth-order valence-electron chi connectivity index (χ4n) is 2.58. The Kier molecular flexibility index (Phi) is 5.07. The van der Waals surface area contributed by atoms with E-state index < -0.39 is 8.80 Å². The van der Waals surface area contributed by atoms with E-state index >= 15 is 0 Å². The Hall–Kier alpha value is -2.04. The molecule has 0 saturated carbocycles. The number of rotatable bonds is 5. The van der Waals surface area contributed by atoms with Crippen molar-refractivity contribution in [2.45, 2.75) is 13.1 Å². The highest BCUT2D eigenvalue weighted by Gasteiger charge is 2.15. The maximum absolute atomic E-state index is 5.28. The van der Waals surface area contributed by atoms with E-state index in [9.17, 15) is 0 Å². The third-order valence-electron chi connectivity index (χ3n) is 3.98. The highest BCUT2D eigenvalue weighted by atomic mass is 32.1. The Bertz CT molecular complexity index is 740. The van der Waals surface area contributed by atoms with Gasteiger partial charge in [0.05, 0.1) is 23.0 Å². The van der Waals surface area contributed by atoms with Crippen molar-refractivity contribution < 1.29 is 9.47 Å². The van der Waals surface area contributed by atoms with E-state index in [0.717, 1.165) is 11.5 Å². The van der Waals surface area contributed by atoms with Crippen LogP contribution in [0.1, 0.15) is 0 Å². The number of hydrogen-bond donors (Lipinski definition) is 0. The van der Waals surface area contributed by atoms with Crippen molar-refractivity contribution in [2.24, 2.45) is 0 Å². The van der Waals surface area contributed by atoms with Crippen LogP contribution in [0.5, 0.6) is 11.5 Å². The molecule has 0 bridgehead atoms. The second-order valence-corrected chi connectivity index (χ2v) is 9.76. The molecule has 0 aliphatic rings. The molecule has 4 heteroatoms. The summed E-state index contributed by atoms with van der Waals surface area (Å²) in [5.41, 5.74) is 3.77. The van der Waals surface area contributed by atoms with Crippen LogP contribution in [0.15, 0.2) is 54.6 Å². The normalized spacial score (nSPS) is 10.9. The van der Waals surface area contributed by atoms with E-state index in [1.807, 2.05) is 35.6 Å². The Morgan fingerprint density at radius 3 is 1.71 bits per heavy atom. The van der Waals surface area contributed by atoms with Gasteiger partial charge in [-0.2, -0.15) is 0 Å². The van der Waals surface area contributed by atoms with Gasteiger partial charge in [0, 0.05) is 10.4 Å². The van der Waals surface area contributed by atoms with E-state index in [2.05, 4.69) is 43.4 Å². The Balaban J connectivity index is 2.09. The average Bonchev–Trinajstić information content (AvgIpc) is 3.07. The molecule has 0 aliphatic carbocycles. The van der Waals surface area contributed by atoms with Crippen molar-refractivity contribution in [3.8, 4) is 33.1 Å². The van der Waals surface area contributed by atoms with Crippen molar-refractivity contribution >= 4 is 24.6 Å². The monoisotopic (exact) mass is 353 g/mol. The molecule has 0 amide bonds. The van der Waals surface area contributed by atoms with Gasteiger partial charge < -0.3 is 9.47 Å². The molecule has 3 aromatic rings. The van der Waals surface area contributed by atoms with Gasteiger partial charge >= 0.3 is 0 Å². The molecule has 0 unspecified atom stereocenters. The molecule has 0 spiro atoms. The molecular formula is C20H21O2SSi. The van der Waals surface area contributed by atoms with Crippen molar-refractivity contribution in [3.63, 3.8) is 0 Å². The summed E-state index contributed by atoms with van der Waals surface area (Å²) in [6.07, 6.45) is 0. The molecule has 0 atom stereocenters. The van der Waals surface area contributed by atoms with E-state index in [1.54, 1.807) is 14.2 Å². The molecule has 1 aromatic heterocycles. The number of benzene rings is 2. The fraction of sp³-hybridized carbons (Fsp3) is 0.200. The second kappa shape index (κ2) is 7.24. The van der Waals surface area contributed by atoms with Gasteiger partial charge in [-0.05, 0) is 58.1 Å². The van der Waals surface area contributed by atoms with Crippen LogP contribution < -0.4 is 14.0 Å². The van der Waals surface area contributed by atoms with Gasteiger partial charge in [0.25, 0.3) is 0 Å². The zero-order valence-electron chi connectivity index (χ0n) is 14.4. The number of hydrogen-bond acceptors (Lipinski definition) is 3. The first-order valence-electron chi connectivity index (χ1n) is 7.85. The zero-order chi connectivity index (χ0) is 17.1. The molecule has 2 aromatic carbocycles. The van der Waals surface area contributed by atoms with Gasteiger partial charge in [0.15, 0.2) is 0 Å². The lowest BCUT2D eigenvalue weighted by Gasteiger charge is -2.07. The highest BCUT2D eigenvalue weighted by Crippen LogP contribution is 2.37. The Labute approximate surface area is 149 Å². The molecule has 0 aliphatic heterocycles. The first-order valence-corrected chi connectivity index (χ1v) is 11.2. The van der Waals surface area contributed by atoms with Crippen LogP contribution in [-0.4, -0.2) is 23.0 Å². The summed E-state index contributed by atoms with van der Waals surface area (Å²) in [5, 5.41) is 0. The van der Waals surface area contributed by atoms with Crippen molar-refractivity contribution in [2.75, 3.05) is 14.2 Å². The van der Waals surface area contributed by atoms with E-state index in [1.165, 1.54) is 26.1 Å². The maximum atomic E-state index is 5.28. The predicted octanol–water partition coefficient (Wildman–Crippen LogP) is 5.06. The van der Waals surface area contributed by atoms with Gasteiger partial charge in [-0.1, -0.05) is 25.2 Å². The number of methoxy groups -OCH3 is 2. The summed E-state index contributed by atoms with van der Waals surface area (Å²) < 4.78 is 12.1. The van der Waals surface area contributed by atoms with Crippen LogP contribution >= 0.6 is 11.3 Å². The summed E-state index contributed by atoms with van der Waals surface area (Å²) >= 11 is 1.91. The highest BCUT2D eigenvalue weighted by molar-refractivity contribution is 7.26. The molecule has 1 heterocycles. The number of ether oxygens (including phenoxy) is 2. The lowest BCUT2D eigenvalue weighted by Crippen LogP contribution is -2.17. The van der Waals surface area contributed by atoms with E-state index in [4.69, 9.17) is 9.47 Å². The minimum atomic E-state index is -0.484. The van der Waals surface area contributed by atoms with Gasteiger partial charge in [-0.3, -0.25) is 0 Å². The summed E-state index contributed by atoms with van der Waals surface area (Å²) in [5.74, 6) is 1.77. The second-order valence-electron chi connectivity index (χ2n) is 5.81. The lowest BCUT2D eigenvalue weighted by molar-refractivity contribution is 0.414. The summed E-state index contributed by atoms with van der Waals surface area (Å²) in [6, 6.07) is 19.0. The molecule has 2 nitrogen and oxygen atoms in total. The van der Waals surface area contributed by atoms with E-state index in [0.29, 0.717) is 0 Å². The van der Waals surface area contributed by atoms with Crippen molar-refractivity contribution in [1.29, 1.82) is 0 Å². The van der Waals surface area contributed by atoms with Crippen LogP contribution in [0.2, 0.25) is 13.1 Å². The smallest absolute Gasteiger partial charge is 0.118 e. The standard InChI is InChI=1S/C20H21O2SSi/c1-21-16-9-5-14(6-10-16)18-13-19(24(3)4)23-20(18)15-7-11-17(22-2)12-8-15/h5-13H,1-4H3. The van der Waals surface area contributed by atoms with E-state index in [-0.39, 0.29) is 0 Å². The molecule has 0 N–H and O–H groups in total. The molecule has 0 fully saturated rings. The van der Waals surface area contributed by atoms with Crippen LogP contribution in [0.3, 0.4) is 0 Å². The summed E-state index contributed by atoms with van der Waals surface area (Å²) in [4.78, 5) is 1.32. The van der Waals surface area contributed by atoms with Crippen LogP contribution in [0.25, 0.3) is 21.6 Å². The minimum absolute atomic E-state index is 0.484. The molecule has 1 radical (unpaired) electrons. The van der Waals surface area contributed by atoms with Gasteiger partial charge in [0.1, 0.15) is 11.5 Å². The maximum Gasteiger partial charge on any atom is 0.118 e. The summed E-state index contributed by atoms with van der Waals surface area (Å²) in [7, 11) is 2.91. The first-order chi connectivity index (χ1) is 11.6. The van der Waals surface area contributed by atoms with Crippen LogP contribution in [0, 0.1) is 0 Å². The van der Waals surface area contributed by atoms with Gasteiger partial charge in [-0.25, -0.2) is 0 Å². The molecular weight excluding hydrogens is 332 g/mol. The molecule has 0 saturated heterocycles. The Morgan fingerprint density at radius 2 is 1.25 bits per heavy atom. The van der Waals surface area contributed by atoms with Crippen molar-refractivity contribution in [3.05, 3.63) is 54.6 Å². The third-order valence-corrected chi connectivity index (χ3v) is 7.64. The largest absolute Gasteiger partial charge is 0.497 e. The van der Waals surface area contributed by atoms with Crippen LogP contribution in [0.4, 0.5) is 0 Å². The van der Waals surface area contributed by atoms with Gasteiger partial charge in [-0.15, -0.1) is 11.3 Å². The molecule has 3 rings (SSSR count). The number of thiophene rings is 1. The van der Waals surface area contributed by atoms with Crippen LogP contribution in [-0.2, 0) is 0 Å². The Morgan fingerprint density at radius 1 is 0.750 bits per heavy atom. The lowest BCUT2D eigenvalue weighted by atomic mass is 10.0. The molecule has 24 heavy (non-hydrogen) atoms. The fourth-order valence-corrected chi connectivity index (χ4v) is 5.07. The quantitative estimate of drug-likeness (QED) is 0.597. The van der Waals surface area contributed by atoms with Gasteiger partial charge in [0.2, 0.25) is 0 Å². The minimum Gasteiger partial charge on any atom is -0.497 e. The third kappa shape index (κ3) is 3.40. The topological polar surface area (TPSA) is 18.5 Å². The predicted molar refractivity (Wildman–Crippen MR) is 105 cm³/mol. The van der Waals surface area contributed by atoms with Crippen molar-refractivity contribution in [1.82, 2.24) is 0 Å². The SMILES string of the molecule is COc1ccc(-c2cc([Si](C)C)sc2-c2ccc(OC)cc2)cc1.